The molecule has 0 radical (unpaired) electrons. The molecule has 180 valence electrons. The standard InChI is InChI=1S/C29H36F4/c1-2-3-4-5-6-7-19-8-10-20(11-9-19)21-12-14-24(26(30)17-21)22-13-15-25-23(16-22)18-27(31)29(33)28(25)32/h12,14,17-20,22H,2-11,13,15-16H2,1H3. The van der Waals surface area contributed by atoms with E-state index in [0.29, 0.717) is 36.3 Å². The second kappa shape index (κ2) is 11.1. The maximum atomic E-state index is 15.1. The molecule has 0 amide bonds. The number of unbranched alkanes of at least 4 members (excludes halogenated alkanes) is 4. The Balaban J connectivity index is 1.35. The van der Waals surface area contributed by atoms with Crippen molar-refractivity contribution in [3.05, 3.63) is 69.8 Å². The van der Waals surface area contributed by atoms with Crippen LogP contribution >= 0.6 is 0 Å². The molecule has 1 saturated carbocycles. The number of halogens is 4. The molecule has 2 aromatic carbocycles. The number of hydrogen-bond acceptors (Lipinski definition) is 0. The molecule has 0 bridgehead atoms. The Bertz CT molecular complexity index is 943. The Kier molecular flexibility index (Phi) is 8.14. The molecular weight excluding hydrogens is 424 g/mol. The summed E-state index contributed by atoms with van der Waals surface area (Å²) in [6, 6.07) is 6.69. The van der Waals surface area contributed by atoms with Crippen LogP contribution in [-0.2, 0) is 12.8 Å². The van der Waals surface area contributed by atoms with Crippen LogP contribution in [0.5, 0.6) is 0 Å². The molecule has 1 atom stereocenters. The fourth-order valence-corrected chi connectivity index (χ4v) is 6.04. The highest BCUT2D eigenvalue weighted by Gasteiger charge is 2.28. The summed E-state index contributed by atoms with van der Waals surface area (Å²) in [5.41, 5.74) is 2.38. The fourth-order valence-electron chi connectivity index (χ4n) is 6.04. The van der Waals surface area contributed by atoms with Crippen LogP contribution in [0.4, 0.5) is 17.6 Å². The van der Waals surface area contributed by atoms with Crippen molar-refractivity contribution < 1.29 is 17.6 Å². The maximum absolute atomic E-state index is 15.1. The van der Waals surface area contributed by atoms with Gasteiger partial charge in [0.05, 0.1) is 0 Å². The SMILES string of the molecule is CCCCCCCC1CCC(c2ccc(C3CCc4c(cc(F)c(F)c4F)C3)c(F)c2)CC1. The van der Waals surface area contributed by atoms with Gasteiger partial charge in [0, 0.05) is 0 Å². The van der Waals surface area contributed by atoms with Gasteiger partial charge in [0.2, 0.25) is 0 Å². The highest BCUT2D eigenvalue weighted by Crippen LogP contribution is 2.40. The van der Waals surface area contributed by atoms with Gasteiger partial charge in [0.15, 0.2) is 17.5 Å². The van der Waals surface area contributed by atoms with Gasteiger partial charge in [-0.05, 0) is 97.1 Å². The summed E-state index contributed by atoms with van der Waals surface area (Å²) in [6.45, 7) is 2.25. The number of hydrogen-bond donors (Lipinski definition) is 0. The third-order valence-electron chi connectivity index (χ3n) is 8.06. The Morgan fingerprint density at radius 1 is 0.758 bits per heavy atom. The van der Waals surface area contributed by atoms with Crippen molar-refractivity contribution >= 4 is 0 Å². The molecule has 0 aliphatic heterocycles. The van der Waals surface area contributed by atoms with E-state index in [1.165, 1.54) is 51.4 Å². The molecule has 0 nitrogen and oxygen atoms in total. The van der Waals surface area contributed by atoms with Crippen molar-refractivity contribution in [2.75, 3.05) is 0 Å². The average Bonchev–Trinajstić information content (AvgIpc) is 2.82. The van der Waals surface area contributed by atoms with Crippen LogP contribution in [0.2, 0.25) is 0 Å². The van der Waals surface area contributed by atoms with Crippen LogP contribution in [0.25, 0.3) is 0 Å². The van der Waals surface area contributed by atoms with E-state index in [4.69, 9.17) is 0 Å². The molecule has 1 unspecified atom stereocenters. The first kappa shape index (κ1) is 24.3. The number of fused-ring (bicyclic) bond motifs is 1. The minimum absolute atomic E-state index is 0.140. The Morgan fingerprint density at radius 3 is 2.24 bits per heavy atom. The van der Waals surface area contributed by atoms with Crippen LogP contribution in [-0.4, -0.2) is 0 Å². The molecule has 1 fully saturated rings. The van der Waals surface area contributed by atoms with Crippen molar-refractivity contribution in [2.24, 2.45) is 5.92 Å². The van der Waals surface area contributed by atoms with E-state index in [1.54, 1.807) is 6.07 Å². The number of rotatable bonds is 8. The summed E-state index contributed by atoms with van der Waals surface area (Å²) in [6.07, 6.45) is 13.9. The molecule has 0 heterocycles. The van der Waals surface area contributed by atoms with Crippen LogP contribution in [0.3, 0.4) is 0 Å². The van der Waals surface area contributed by atoms with E-state index in [2.05, 4.69) is 13.0 Å². The minimum atomic E-state index is -1.41. The highest BCUT2D eigenvalue weighted by atomic mass is 19.2. The minimum Gasteiger partial charge on any atom is -0.207 e. The third-order valence-corrected chi connectivity index (χ3v) is 8.06. The zero-order chi connectivity index (χ0) is 23.4. The zero-order valence-corrected chi connectivity index (χ0v) is 19.7. The van der Waals surface area contributed by atoms with Gasteiger partial charge in [-0.3, -0.25) is 0 Å². The van der Waals surface area contributed by atoms with Gasteiger partial charge in [0.25, 0.3) is 0 Å². The number of benzene rings is 2. The summed E-state index contributed by atoms with van der Waals surface area (Å²) in [5, 5.41) is 0. The maximum Gasteiger partial charge on any atom is 0.194 e. The van der Waals surface area contributed by atoms with E-state index in [-0.39, 0.29) is 17.3 Å². The average molecular weight is 461 g/mol. The smallest absolute Gasteiger partial charge is 0.194 e. The van der Waals surface area contributed by atoms with Crippen LogP contribution < -0.4 is 0 Å². The normalized spacial score (nSPS) is 22.9. The lowest BCUT2D eigenvalue weighted by Crippen LogP contribution is -2.17. The first-order valence-electron chi connectivity index (χ1n) is 12.9. The lowest BCUT2D eigenvalue weighted by molar-refractivity contribution is 0.301. The summed E-state index contributed by atoms with van der Waals surface area (Å²) in [5.74, 6) is -2.78. The Hall–Kier alpha value is -1.84. The summed E-state index contributed by atoms with van der Waals surface area (Å²) >= 11 is 0. The topological polar surface area (TPSA) is 0 Å². The fraction of sp³-hybridized carbons (Fsp3) is 0.586. The summed E-state index contributed by atoms with van der Waals surface area (Å²) in [4.78, 5) is 0. The second-order valence-corrected chi connectivity index (χ2v) is 10.3. The van der Waals surface area contributed by atoms with Gasteiger partial charge < -0.3 is 0 Å². The molecule has 2 aliphatic rings. The lowest BCUT2D eigenvalue weighted by atomic mass is 9.76. The molecule has 33 heavy (non-hydrogen) atoms. The van der Waals surface area contributed by atoms with Crippen molar-refractivity contribution in [3.63, 3.8) is 0 Å². The van der Waals surface area contributed by atoms with Gasteiger partial charge in [-0.2, -0.15) is 0 Å². The van der Waals surface area contributed by atoms with E-state index < -0.39 is 17.5 Å². The monoisotopic (exact) mass is 460 g/mol. The molecule has 0 spiro atoms. The summed E-state index contributed by atoms with van der Waals surface area (Å²) < 4.78 is 56.4. The van der Waals surface area contributed by atoms with Gasteiger partial charge in [-0.25, -0.2) is 17.6 Å². The molecule has 2 aromatic rings. The molecule has 0 aromatic heterocycles. The molecule has 2 aliphatic carbocycles. The lowest BCUT2D eigenvalue weighted by Gasteiger charge is -2.30. The molecule has 4 rings (SSSR count). The molecule has 0 saturated heterocycles. The van der Waals surface area contributed by atoms with Crippen molar-refractivity contribution in [1.82, 2.24) is 0 Å². The van der Waals surface area contributed by atoms with Gasteiger partial charge >= 0.3 is 0 Å². The van der Waals surface area contributed by atoms with Crippen LogP contribution in [0, 0.1) is 29.2 Å². The van der Waals surface area contributed by atoms with Crippen LogP contribution in [0.15, 0.2) is 24.3 Å². The predicted molar refractivity (Wildman–Crippen MR) is 126 cm³/mol. The van der Waals surface area contributed by atoms with Gasteiger partial charge in [0.1, 0.15) is 5.82 Å². The quantitative estimate of drug-likeness (QED) is 0.209. The summed E-state index contributed by atoms with van der Waals surface area (Å²) in [7, 11) is 0. The molecular formula is C29H36F4. The largest absolute Gasteiger partial charge is 0.207 e. The first-order valence-corrected chi connectivity index (χ1v) is 12.9. The third kappa shape index (κ3) is 5.63. The van der Waals surface area contributed by atoms with E-state index >= 15 is 4.39 Å². The highest BCUT2D eigenvalue weighted by molar-refractivity contribution is 5.37. The van der Waals surface area contributed by atoms with Gasteiger partial charge in [-0.1, -0.05) is 57.6 Å². The van der Waals surface area contributed by atoms with Gasteiger partial charge in [-0.15, -0.1) is 0 Å². The van der Waals surface area contributed by atoms with Crippen molar-refractivity contribution in [3.8, 4) is 0 Å². The van der Waals surface area contributed by atoms with E-state index in [9.17, 15) is 13.2 Å². The van der Waals surface area contributed by atoms with E-state index in [1.807, 2.05) is 6.07 Å². The molecule has 4 heteroatoms. The van der Waals surface area contributed by atoms with Crippen molar-refractivity contribution in [2.45, 2.75) is 102 Å². The predicted octanol–water partition coefficient (Wildman–Crippen LogP) is 9.15. The molecule has 0 N–H and O–H groups in total. The van der Waals surface area contributed by atoms with E-state index in [0.717, 1.165) is 30.4 Å². The first-order chi connectivity index (χ1) is 16.0. The van der Waals surface area contributed by atoms with Crippen molar-refractivity contribution in [1.29, 1.82) is 0 Å². The zero-order valence-electron chi connectivity index (χ0n) is 19.7. The Labute approximate surface area is 195 Å². The second-order valence-electron chi connectivity index (χ2n) is 10.3. The van der Waals surface area contributed by atoms with Crippen LogP contribution in [0.1, 0.15) is 112 Å². The Morgan fingerprint density at radius 2 is 1.52 bits per heavy atom.